The van der Waals surface area contributed by atoms with Crippen LogP contribution in [0.15, 0.2) is 0 Å². The number of carboxylic acid groups (broad SMARTS) is 2. The quantitative estimate of drug-likeness (QED) is 0.0328. The summed E-state index contributed by atoms with van der Waals surface area (Å²) in [6.07, 6.45) is -58.5. The fourth-order valence-electron chi connectivity index (χ4n) is 10.6. The number of fused-ring (bicyclic) bond motifs is 3. The number of carboxylic acids is 2. The standard InChI is InChI=1S/C38H62O49S7.9Na/c1-64-15-12(8-72-88(43,44)45)76-33(25(68-5)18(15)65-2)80-20-19(66-3)26(69-6)34(81-24(20)31(39)40)78-16-14(10-74-90(49,50)51)77-35(29(87-94(61,62)63)22(16)85-92(55,56)57)82-30-23(67-4)27-36(83-38(30,11-71-27)37(41)42)79-17-13(9-73-89(46,47)48)75-32(70-7)28(86-93(58,59)60)21(17)84-91(52,53)54;;;;;;;;;/h12-30,32-36H,8-11H2,1-7H3,(H,39,40)(H,41,42)(H,43,44,45)(H,46,47,48)(H,49,50,51)(H,52,53,54)(H,55,56,57)(H,58,59,60)(H,61,62,63);;;;;;;;;/q;9*+1/p-9/t12-,13-,14-,15-,16-,17-,18+,19+,20+,21+,22+,23-,24+,25-,26-,27-,28-,29-,30+,32+,33-,34-,35-,36-,38+;;;;;;;;;/m1........./s1. The Morgan fingerprint density at radius 2 is 0.660 bits per heavy atom. The third-order valence-corrected chi connectivity index (χ3v) is 17.2. The zero-order valence-electron chi connectivity index (χ0n) is 57.0. The summed E-state index contributed by atoms with van der Waals surface area (Å²) in [7, 11) is -36.6. The summed E-state index contributed by atoms with van der Waals surface area (Å²) in [6.45, 7) is -6.13. The summed E-state index contributed by atoms with van der Waals surface area (Å²) in [5.41, 5.74) is -3.55. The number of rotatable bonds is 34. The van der Waals surface area contributed by atoms with E-state index < -0.39 is 264 Å². The van der Waals surface area contributed by atoms with Gasteiger partial charge in [-0.25, -0.2) is 58.9 Å². The molecule has 0 aromatic rings. The van der Waals surface area contributed by atoms with Gasteiger partial charge in [-0.2, -0.15) is 0 Å². The molecule has 0 saturated carbocycles. The molecule has 0 unspecified atom stereocenters. The number of aliphatic carboxylic acids is 2. The van der Waals surface area contributed by atoms with Crippen LogP contribution in [0.1, 0.15) is 0 Å². The smallest absolute Gasteiger partial charge is 0.726 e. The summed E-state index contributed by atoms with van der Waals surface area (Å²) in [5, 5.41) is 26.6. The van der Waals surface area contributed by atoms with E-state index in [0.29, 0.717) is 14.2 Å². The largest absolute Gasteiger partial charge is 1.00 e. The minimum Gasteiger partial charge on any atom is -0.726 e. The van der Waals surface area contributed by atoms with Crippen LogP contribution in [0.4, 0.5) is 0 Å². The van der Waals surface area contributed by atoms with Gasteiger partial charge in [-0.05, 0) is 0 Å². The van der Waals surface area contributed by atoms with Crippen LogP contribution in [0.5, 0.6) is 0 Å². The van der Waals surface area contributed by atoms with Crippen LogP contribution < -0.4 is 276 Å². The second-order valence-electron chi connectivity index (χ2n) is 19.6. The van der Waals surface area contributed by atoms with Crippen molar-refractivity contribution in [2.75, 3.05) is 76.2 Å². The predicted molar refractivity (Wildman–Crippen MR) is 259 cm³/mol. The van der Waals surface area contributed by atoms with Gasteiger partial charge in [0.15, 0.2) is 49.3 Å². The molecule has 0 amide bonds. The Morgan fingerprint density at radius 1 is 0.350 bits per heavy atom. The van der Waals surface area contributed by atoms with Gasteiger partial charge in [0.25, 0.3) is 0 Å². The third kappa shape index (κ3) is 32.8. The Morgan fingerprint density at radius 3 is 1.00 bits per heavy atom. The maximum atomic E-state index is 13.5. The van der Waals surface area contributed by atoms with Gasteiger partial charge in [0.05, 0.1) is 38.4 Å². The molecular weight excluding hydrogens is 1670 g/mol. The average Bonchev–Trinajstić information content (AvgIpc) is 0.719. The van der Waals surface area contributed by atoms with E-state index in [1.54, 1.807) is 0 Å². The van der Waals surface area contributed by atoms with E-state index in [2.05, 4.69) is 29.3 Å². The summed E-state index contributed by atoms with van der Waals surface area (Å²) >= 11 is 0. The number of carbonyl (C=O) groups excluding carboxylic acids is 2. The molecule has 0 aromatic carbocycles. The molecular formula is C38H53Na9O49S7. The van der Waals surface area contributed by atoms with E-state index in [9.17, 15) is 111 Å². The van der Waals surface area contributed by atoms with Crippen molar-refractivity contribution in [3.8, 4) is 0 Å². The van der Waals surface area contributed by atoms with E-state index in [1.165, 1.54) is 0 Å². The van der Waals surface area contributed by atoms with Crippen molar-refractivity contribution >= 4 is 84.7 Å². The topological polar surface area (TPSA) is 702 Å². The number of hydrogen-bond acceptors (Lipinski definition) is 49. The normalized spacial score (nSPS) is 35.5. The average molecular weight is 1730 g/mol. The van der Waals surface area contributed by atoms with Gasteiger partial charge in [-0.15, -0.1) is 0 Å². The van der Waals surface area contributed by atoms with Crippen LogP contribution in [0.2, 0.25) is 0 Å². The Labute approximate surface area is 787 Å². The molecule has 25 atom stereocenters. The van der Waals surface area contributed by atoms with Crippen LogP contribution in [-0.4, -0.2) is 332 Å². The van der Waals surface area contributed by atoms with E-state index in [0.717, 1.165) is 35.5 Å². The van der Waals surface area contributed by atoms with E-state index in [-0.39, 0.29) is 266 Å². The first-order chi connectivity index (χ1) is 43.2. The third-order valence-electron chi connectivity index (χ3n) is 14.1. The van der Waals surface area contributed by atoms with Gasteiger partial charge in [-0.1, -0.05) is 0 Å². The molecule has 0 aliphatic carbocycles. The second kappa shape index (κ2) is 48.6. The van der Waals surface area contributed by atoms with Crippen molar-refractivity contribution in [1.29, 1.82) is 0 Å². The fraction of sp³-hybridized carbons (Fsp3) is 0.947. The first kappa shape index (κ1) is 116. The van der Waals surface area contributed by atoms with Gasteiger partial charge in [0, 0.05) is 49.8 Å². The molecule has 7 aliphatic rings. The summed E-state index contributed by atoms with van der Waals surface area (Å²) in [4.78, 5) is 26.6. The zero-order valence-corrected chi connectivity index (χ0v) is 80.8. The van der Waals surface area contributed by atoms with Crippen LogP contribution >= 0.6 is 0 Å². The minimum atomic E-state index is -6.51. The van der Waals surface area contributed by atoms with Gasteiger partial charge in [0.2, 0.25) is 72.8 Å². The molecule has 103 heavy (non-hydrogen) atoms. The van der Waals surface area contributed by atoms with Crippen molar-refractivity contribution in [3.63, 3.8) is 0 Å². The molecule has 65 heteroatoms. The molecule has 550 valence electrons. The molecule has 0 N–H and O–H groups in total. The minimum absolute atomic E-state index is 0. The van der Waals surface area contributed by atoms with E-state index in [1.807, 2.05) is 0 Å². The monoisotopic (exact) mass is 1720 g/mol. The van der Waals surface area contributed by atoms with Crippen molar-refractivity contribution in [1.82, 2.24) is 0 Å². The first-order valence-electron chi connectivity index (χ1n) is 25.3. The van der Waals surface area contributed by atoms with Crippen LogP contribution in [-0.2, 0) is 192 Å². The molecule has 2 bridgehead atoms. The molecule has 7 heterocycles. The molecule has 7 aliphatic heterocycles. The summed E-state index contributed by atoms with van der Waals surface area (Å²) < 4.78 is 378. The van der Waals surface area contributed by atoms with Gasteiger partial charge in [-0.3, -0.25) is 29.3 Å². The van der Waals surface area contributed by atoms with Crippen LogP contribution in [0, 0.1) is 0 Å². The van der Waals surface area contributed by atoms with E-state index >= 15 is 0 Å². The Hall–Kier alpha value is 6.35. The Kier molecular flexibility index (Phi) is 54.5. The van der Waals surface area contributed by atoms with Gasteiger partial charge < -0.3 is 132 Å². The maximum absolute atomic E-state index is 13.5. The van der Waals surface area contributed by atoms with Crippen LogP contribution in [0.25, 0.3) is 0 Å². The van der Waals surface area contributed by atoms with E-state index in [4.69, 9.17) is 80.5 Å². The number of hydrogen-bond donors (Lipinski definition) is 0. The molecule has 7 fully saturated rings. The van der Waals surface area contributed by atoms with Crippen molar-refractivity contribution in [3.05, 3.63) is 0 Å². The summed E-state index contributed by atoms with van der Waals surface area (Å²) in [5.74, 6) is -4.90. The first-order valence-corrected chi connectivity index (χ1v) is 34.6. The fourth-order valence-corrected chi connectivity index (χ4v) is 13.4. The Balaban J connectivity index is -0.00000544. The van der Waals surface area contributed by atoms with Gasteiger partial charge >= 0.3 is 266 Å². The van der Waals surface area contributed by atoms with Gasteiger partial charge in [0.1, 0.15) is 104 Å². The number of carbonyl (C=O) groups is 2. The molecule has 0 aromatic heterocycles. The number of ether oxygens (including phenoxy) is 17. The van der Waals surface area contributed by atoms with Crippen molar-refractivity contribution in [2.45, 2.75) is 153 Å². The molecule has 7 saturated heterocycles. The zero-order chi connectivity index (χ0) is 70.8. The molecule has 49 nitrogen and oxygen atoms in total. The SMILES string of the molecule is CO[C@H]1O[C@H](COS(=O)(=O)[O-])[C@@H](O[C@@H]2O[C@@]3(C(=O)[O-])CO[C@@H]2[C@@H](OC)[C@@H]3O[C@H]2O[C@H](COS(=O)(=O)[O-])[C@@H](O[C@@H]3O[C@H](C(=O)[O-])[C@@H](O[C@H]4O[C@H](COS(=O)(=O)[O-])[C@@H](OC)[C@H](OC)[C@H]4OC)[C@H](OC)[C@H]3OC)[C@H](OS(=O)(=O)[O-])[C@H]2OS(=O)(=O)[O-])[C@H](OS(=O)(=O)[O-])[C@H]1OS(=O)(=O)[O-].[Na+].[Na+].[Na+].[Na+].[Na+].[Na+].[Na+].[Na+].[Na+]. The predicted octanol–water partition coefficient (Wildman–Crippen LogP) is -40.0. The second-order valence-corrected chi connectivity index (χ2v) is 26.8. The van der Waals surface area contributed by atoms with Crippen molar-refractivity contribution < 1.29 is 486 Å². The molecule has 0 radical (unpaired) electrons. The van der Waals surface area contributed by atoms with Crippen LogP contribution in [0.3, 0.4) is 0 Å². The molecule has 0 spiro atoms. The summed E-state index contributed by atoms with van der Waals surface area (Å²) in [6, 6.07) is 0. The Bertz CT molecular complexity index is 3460. The number of methoxy groups -OCH3 is 7. The molecule has 7 rings (SSSR count). The maximum Gasteiger partial charge on any atom is 1.00 e. The van der Waals surface area contributed by atoms with Crippen molar-refractivity contribution in [2.24, 2.45) is 0 Å².